The van der Waals surface area contributed by atoms with Gasteiger partial charge in [-0.15, -0.1) is 0 Å². The summed E-state index contributed by atoms with van der Waals surface area (Å²) in [5, 5.41) is 0. The first kappa shape index (κ1) is 17.4. The van der Waals surface area contributed by atoms with E-state index in [-0.39, 0.29) is 40.2 Å². The molecular weight excluding hydrogens is 344 g/mol. The highest BCUT2D eigenvalue weighted by Gasteiger charge is 2.80. The fourth-order valence-corrected chi connectivity index (χ4v) is 7.39. The number of Topliss-reactive ketones (excluding diaryl/α,β-unsaturated/α-hetero) is 2. The number of rotatable bonds is 1. The first-order chi connectivity index (χ1) is 12.7. The van der Waals surface area contributed by atoms with Gasteiger partial charge in [-0.3, -0.25) is 14.4 Å². The minimum atomic E-state index is -1.32. The van der Waals surface area contributed by atoms with Gasteiger partial charge in [0.2, 0.25) is 0 Å². The van der Waals surface area contributed by atoms with E-state index < -0.39 is 23.6 Å². The SMILES string of the molecule is C=C1C(=O)[C@@]23C(=O)[C@@H]4OC[C@]5(C=CCC(C)(C)[C@@H]45)[C@@H]2CC[C@@H]1[C@H]3OC(C)=O. The van der Waals surface area contributed by atoms with E-state index in [1.165, 1.54) is 6.92 Å². The van der Waals surface area contributed by atoms with Gasteiger partial charge in [0, 0.05) is 24.2 Å². The van der Waals surface area contributed by atoms with Gasteiger partial charge in [0.15, 0.2) is 11.6 Å². The number of ether oxygens (including phenoxy) is 2. The highest BCUT2D eigenvalue weighted by molar-refractivity contribution is 6.20. The highest BCUT2D eigenvalue weighted by Crippen LogP contribution is 2.71. The monoisotopic (exact) mass is 370 g/mol. The van der Waals surface area contributed by atoms with Crippen molar-refractivity contribution in [2.24, 2.45) is 34.0 Å². The van der Waals surface area contributed by atoms with Crippen molar-refractivity contribution in [3.8, 4) is 0 Å². The average Bonchev–Trinajstić information content (AvgIpc) is 3.00. The molecule has 5 nitrogen and oxygen atoms in total. The third kappa shape index (κ3) is 1.73. The number of fused-ring (bicyclic) bond motifs is 1. The van der Waals surface area contributed by atoms with Crippen molar-refractivity contribution in [1.29, 1.82) is 0 Å². The zero-order valence-corrected chi connectivity index (χ0v) is 16.1. The minimum Gasteiger partial charge on any atom is -0.460 e. The molecule has 0 unspecified atom stereocenters. The predicted molar refractivity (Wildman–Crippen MR) is 96.6 cm³/mol. The molecule has 0 N–H and O–H groups in total. The van der Waals surface area contributed by atoms with Crippen LogP contribution in [0.3, 0.4) is 0 Å². The van der Waals surface area contributed by atoms with Crippen LogP contribution in [0.15, 0.2) is 24.3 Å². The Balaban J connectivity index is 1.76. The summed E-state index contributed by atoms with van der Waals surface area (Å²) >= 11 is 0. The molecule has 5 heteroatoms. The normalized spacial score (nSPS) is 49.0. The number of allylic oxidation sites excluding steroid dienone is 1. The lowest BCUT2D eigenvalue weighted by atomic mass is 9.41. The Morgan fingerprint density at radius 3 is 2.74 bits per heavy atom. The van der Waals surface area contributed by atoms with Gasteiger partial charge < -0.3 is 9.47 Å². The summed E-state index contributed by atoms with van der Waals surface area (Å²) in [4.78, 5) is 39.3. The second kappa shape index (κ2) is 4.99. The van der Waals surface area contributed by atoms with Crippen LogP contribution in [-0.4, -0.2) is 36.4 Å². The molecule has 0 radical (unpaired) electrons. The molecule has 0 aromatic carbocycles. The molecular formula is C22H26O5. The Morgan fingerprint density at radius 1 is 1.30 bits per heavy atom. The van der Waals surface area contributed by atoms with Crippen LogP contribution in [0.2, 0.25) is 0 Å². The molecule has 3 saturated carbocycles. The van der Waals surface area contributed by atoms with Gasteiger partial charge in [-0.2, -0.15) is 0 Å². The lowest BCUT2D eigenvalue weighted by molar-refractivity contribution is -0.188. The molecule has 0 aromatic heterocycles. The van der Waals surface area contributed by atoms with Gasteiger partial charge in [0.05, 0.1) is 6.61 Å². The molecule has 27 heavy (non-hydrogen) atoms. The number of ketones is 2. The van der Waals surface area contributed by atoms with Gasteiger partial charge in [-0.05, 0) is 36.2 Å². The van der Waals surface area contributed by atoms with Crippen molar-refractivity contribution >= 4 is 17.5 Å². The standard InChI is InChI=1S/C22H26O5/c1-11-13-6-7-14-21-9-5-8-20(3,4)16(21)15(26-10-21)18(25)22(14,17(11)24)19(13)27-12(2)23/h5,9,13-16,19H,1,6-8,10H2,2-4H3/t13-,14-,15+,16+,19+,21+,22+/m0/s1. The van der Waals surface area contributed by atoms with Crippen molar-refractivity contribution in [1.82, 2.24) is 0 Å². The third-order valence-electron chi connectivity index (χ3n) is 8.16. The van der Waals surface area contributed by atoms with Crippen molar-refractivity contribution in [2.45, 2.75) is 52.2 Å². The minimum absolute atomic E-state index is 0.0503. The van der Waals surface area contributed by atoms with Crippen LogP contribution in [0, 0.1) is 34.0 Å². The van der Waals surface area contributed by atoms with Gasteiger partial charge in [-0.25, -0.2) is 0 Å². The van der Waals surface area contributed by atoms with E-state index in [2.05, 4.69) is 32.6 Å². The summed E-state index contributed by atoms with van der Waals surface area (Å²) < 4.78 is 11.8. The van der Waals surface area contributed by atoms with Crippen LogP contribution in [0.5, 0.6) is 0 Å². The Kier molecular flexibility index (Phi) is 3.21. The molecule has 1 saturated heterocycles. The van der Waals surface area contributed by atoms with E-state index in [4.69, 9.17) is 9.47 Å². The molecule has 0 aromatic rings. The van der Waals surface area contributed by atoms with Crippen LogP contribution in [-0.2, 0) is 23.9 Å². The number of carbonyl (C=O) groups excluding carboxylic acids is 3. The summed E-state index contributed by atoms with van der Waals surface area (Å²) in [5.74, 6) is -1.24. The maximum atomic E-state index is 13.9. The summed E-state index contributed by atoms with van der Waals surface area (Å²) in [6.07, 6.45) is 5.41. The summed E-state index contributed by atoms with van der Waals surface area (Å²) in [6.45, 7) is 10.2. The van der Waals surface area contributed by atoms with Crippen LogP contribution >= 0.6 is 0 Å². The van der Waals surface area contributed by atoms with E-state index >= 15 is 0 Å². The predicted octanol–water partition coefficient (Wildman–Crippen LogP) is 2.64. The Labute approximate surface area is 159 Å². The highest BCUT2D eigenvalue weighted by atomic mass is 16.5. The van der Waals surface area contributed by atoms with Gasteiger partial charge >= 0.3 is 5.97 Å². The van der Waals surface area contributed by atoms with E-state index in [9.17, 15) is 14.4 Å². The molecule has 1 spiro atoms. The fourth-order valence-electron chi connectivity index (χ4n) is 7.39. The van der Waals surface area contributed by atoms with Gasteiger partial charge in [-0.1, -0.05) is 32.6 Å². The van der Waals surface area contributed by atoms with Crippen LogP contribution in [0.1, 0.15) is 40.0 Å². The number of carbonyl (C=O) groups is 3. The first-order valence-corrected chi connectivity index (χ1v) is 9.92. The van der Waals surface area contributed by atoms with E-state index in [0.29, 0.717) is 12.2 Å². The quantitative estimate of drug-likeness (QED) is 0.307. The Hall–Kier alpha value is -1.75. The molecule has 4 aliphatic carbocycles. The second-order valence-corrected chi connectivity index (χ2v) is 9.77. The molecule has 5 rings (SSSR count). The van der Waals surface area contributed by atoms with Crippen LogP contribution in [0.4, 0.5) is 0 Å². The molecule has 0 amide bonds. The van der Waals surface area contributed by atoms with E-state index in [1.807, 2.05) is 0 Å². The topological polar surface area (TPSA) is 69.7 Å². The largest absolute Gasteiger partial charge is 0.460 e. The maximum absolute atomic E-state index is 13.9. The molecule has 1 heterocycles. The molecule has 4 fully saturated rings. The number of hydrogen-bond donors (Lipinski definition) is 0. The third-order valence-corrected chi connectivity index (χ3v) is 8.16. The number of hydrogen-bond acceptors (Lipinski definition) is 5. The molecule has 7 atom stereocenters. The second-order valence-electron chi connectivity index (χ2n) is 9.77. The Bertz CT molecular complexity index is 823. The average molecular weight is 370 g/mol. The van der Waals surface area contributed by atoms with Crippen molar-refractivity contribution in [2.75, 3.05) is 6.61 Å². The lowest BCUT2D eigenvalue weighted by Gasteiger charge is -2.59. The van der Waals surface area contributed by atoms with Crippen LogP contribution in [0.25, 0.3) is 0 Å². The van der Waals surface area contributed by atoms with Gasteiger partial charge in [0.25, 0.3) is 0 Å². The van der Waals surface area contributed by atoms with Crippen LogP contribution < -0.4 is 0 Å². The van der Waals surface area contributed by atoms with Gasteiger partial charge in [0.1, 0.15) is 17.6 Å². The fraction of sp³-hybridized carbons (Fsp3) is 0.682. The first-order valence-electron chi connectivity index (χ1n) is 9.92. The van der Waals surface area contributed by atoms with Crippen molar-refractivity contribution in [3.05, 3.63) is 24.3 Å². The summed E-state index contributed by atoms with van der Waals surface area (Å²) in [5.41, 5.74) is -1.31. The Morgan fingerprint density at radius 2 is 2.04 bits per heavy atom. The summed E-state index contributed by atoms with van der Waals surface area (Å²) in [7, 11) is 0. The van der Waals surface area contributed by atoms with Crippen molar-refractivity contribution in [3.63, 3.8) is 0 Å². The molecule has 1 aliphatic heterocycles. The lowest BCUT2D eigenvalue weighted by Crippen LogP contribution is -2.68. The zero-order valence-electron chi connectivity index (χ0n) is 16.1. The maximum Gasteiger partial charge on any atom is 0.302 e. The summed E-state index contributed by atoms with van der Waals surface area (Å²) in [6, 6.07) is 0. The smallest absolute Gasteiger partial charge is 0.302 e. The molecule has 5 aliphatic rings. The number of esters is 1. The van der Waals surface area contributed by atoms with Crippen molar-refractivity contribution < 1.29 is 23.9 Å². The zero-order chi connectivity index (χ0) is 19.4. The van der Waals surface area contributed by atoms with E-state index in [1.54, 1.807) is 0 Å². The van der Waals surface area contributed by atoms with E-state index in [0.717, 1.165) is 19.3 Å². The molecule has 144 valence electrons. The molecule has 4 bridgehead atoms.